The molecular weight excluding hydrogens is 404 g/mol. The molecule has 32 heavy (non-hydrogen) atoms. The van der Waals surface area contributed by atoms with E-state index in [0.29, 0.717) is 35.0 Å². The molecule has 1 aromatic heterocycles. The van der Waals surface area contributed by atoms with Crippen molar-refractivity contribution in [3.8, 4) is 17.2 Å². The number of likely N-dealkylation sites (N-methyl/N-ethyl adjacent to an activating group) is 1. The summed E-state index contributed by atoms with van der Waals surface area (Å²) in [6, 6.07) is 12.8. The van der Waals surface area contributed by atoms with Gasteiger partial charge in [0.05, 0.1) is 17.2 Å². The zero-order valence-electron chi connectivity index (χ0n) is 18.5. The van der Waals surface area contributed by atoms with Gasteiger partial charge in [-0.1, -0.05) is 30.3 Å². The number of benzene rings is 2. The highest BCUT2D eigenvalue weighted by Crippen LogP contribution is 2.50. The Morgan fingerprint density at radius 1 is 1.31 bits per heavy atom. The molecule has 164 valence electrons. The van der Waals surface area contributed by atoms with Gasteiger partial charge in [0.1, 0.15) is 11.6 Å². The maximum absolute atomic E-state index is 11.4. The average molecular weight is 431 g/mol. The lowest BCUT2D eigenvalue weighted by Crippen LogP contribution is -2.31. The smallest absolute Gasteiger partial charge is 0.307 e. The molecule has 1 N–H and O–H groups in total. The molecule has 1 aliphatic heterocycles. The monoisotopic (exact) mass is 430 g/mol. The summed E-state index contributed by atoms with van der Waals surface area (Å²) in [7, 11) is 4.19. The Kier molecular flexibility index (Phi) is 4.90. The molecule has 0 amide bonds. The van der Waals surface area contributed by atoms with Crippen LogP contribution in [0.2, 0.25) is 0 Å². The normalized spacial score (nSPS) is 22.5. The van der Waals surface area contributed by atoms with Gasteiger partial charge in [-0.25, -0.2) is 4.98 Å². The van der Waals surface area contributed by atoms with Crippen LogP contribution in [-0.4, -0.2) is 54.2 Å². The summed E-state index contributed by atoms with van der Waals surface area (Å²) in [4.78, 5) is 20.7. The number of aromatic nitrogens is 1. The lowest BCUT2D eigenvalue weighted by Gasteiger charge is -2.25. The van der Waals surface area contributed by atoms with Crippen molar-refractivity contribution in [2.24, 2.45) is 5.92 Å². The highest BCUT2D eigenvalue weighted by molar-refractivity contribution is 6.02. The van der Waals surface area contributed by atoms with Crippen molar-refractivity contribution in [2.45, 2.75) is 31.7 Å². The average Bonchev–Trinajstić information content (AvgIpc) is 3.23. The maximum atomic E-state index is 11.4. The third kappa shape index (κ3) is 3.23. The summed E-state index contributed by atoms with van der Waals surface area (Å²) in [6.45, 7) is 3.69. The summed E-state index contributed by atoms with van der Waals surface area (Å²) in [5.74, 6) is -1.09. The molecular formula is C25H26N4O3. The van der Waals surface area contributed by atoms with E-state index in [2.05, 4.69) is 47.1 Å². The number of oxazole rings is 1. The molecule has 2 unspecified atom stereocenters. The first kappa shape index (κ1) is 20.5. The van der Waals surface area contributed by atoms with Gasteiger partial charge in [-0.3, -0.25) is 4.79 Å². The fourth-order valence-corrected chi connectivity index (χ4v) is 4.92. The first-order chi connectivity index (χ1) is 15.4. The fraction of sp³-hybridized carbons (Fsp3) is 0.400. The topological polar surface area (TPSA) is 93.6 Å². The number of carboxylic acids is 1. The standard InChI is InChI=1S/C25H26N4O3/c1-14-19(12-26)21-23(32-24(27-21)17-11-18(17)25(30)31)22(20(14)15-7-5-4-6-8-15)29-10-9-16(13-29)28(2)3/h4-8,16-18H,9-11,13H2,1-3H3,(H,30,31)/t16-,17?,18?/m0/s1. The molecule has 7 nitrogen and oxygen atoms in total. The largest absolute Gasteiger partial charge is 0.481 e. The van der Waals surface area contributed by atoms with Crippen LogP contribution in [0, 0.1) is 24.2 Å². The molecule has 0 radical (unpaired) electrons. The first-order valence-electron chi connectivity index (χ1n) is 11.0. The van der Waals surface area contributed by atoms with Gasteiger partial charge in [0, 0.05) is 30.6 Å². The molecule has 3 atom stereocenters. The van der Waals surface area contributed by atoms with Gasteiger partial charge in [-0.2, -0.15) is 5.26 Å². The van der Waals surface area contributed by atoms with Crippen LogP contribution in [0.15, 0.2) is 34.7 Å². The van der Waals surface area contributed by atoms with Crippen molar-refractivity contribution >= 4 is 22.8 Å². The van der Waals surface area contributed by atoms with Crippen LogP contribution >= 0.6 is 0 Å². The van der Waals surface area contributed by atoms with Gasteiger partial charge >= 0.3 is 5.97 Å². The van der Waals surface area contributed by atoms with E-state index in [4.69, 9.17) is 4.42 Å². The lowest BCUT2D eigenvalue weighted by molar-refractivity contribution is -0.138. The van der Waals surface area contributed by atoms with Crippen LogP contribution in [0.5, 0.6) is 0 Å². The van der Waals surface area contributed by atoms with E-state index < -0.39 is 11.9 Å². The second-order valence-corrected chi connectivity index (χ2v) is 9.07. The Morgan fingerprint density at radius 2 is 2.06 bits per heavy atom. The van der Waals surface area contributed by atoms with Crippen molar-refractivity contribution < 1.29 is 14.3 Å². The SMILES string of the molecule is Cc1c(-c2ccccc2)c(N2CC[C@H](N(C)C)C2)c2oc(C3CC3C(=O)O)nc2c1C#N. The number of rotatable bonds is 5. The Bertz CT molecular complexity index is 1240. The predicted octanol–water partition coefficient (Wildman–Crippen LogP) is 4.00. The van der Waals surface area contributed by atoms with Gasteiger partial charge < -0.3 is 19.3 Å². The lowest BCUT2D eigenvalue weighted by atomic mass is 9.93. The Hall–Kier alpha value is -3.37. The third-order valence-corrected chi connectivity index (χ3v) is 6.89. The molecule has 3 aromatic rings. The fourth-order valence-electron chi connectivity index (χ4n) is 4.92. The van der Waals surface area contributed by atoms with Gasteiger partial charge in [0.25, 0.3) is 0 Å². The Morgan fingerprint density at radius 3 is 2.66 bits per heavy atom. The summed E-state index contributed by atoms with van der Waals surface area (Å²) in [5.41, 5.74) is 5.48. The Labute approximate surface area is 186 Å². The Balaban J connectivity index is 1.75. The molecule has 5 rings (SSSR count). The summed E-state index contributed by atoms with van der Waals surface area (Å²) < 4.78 is 6.29. The second-order valence-electron chi connectivity index (χ2n) is 9.07. The number of hydrogen-bond donors (Lipinski definition) is 1. The molecule has 1 saturated carbocycles. The van der Waals surface area contributed by atoms with Crippen molar-refractivity contribution in [1.29, 1.82) is 5.26 Å². The van der Waals surface area contributed by atoms with E-state index >= 15 is 0 Å². The number of carbonyl (C=O) groups is 1. The van der Waals surface area contributed by atoms with Gasteiger partial charge in [-0.05, 0) is 45.0 Å². The summed E-state index contributed by atoms with van der Waals surface area (Å²) in [6.07, 6.45) is 1.56. The molecule has 0 spiro atoms. The van der Waals surface area contributed by atoms with Crippen molar-refractivity contribution in [3.05, 3.63) is 47.3 Å². The minimum atomic E-state index is -0.826. The highest BCUT2D eigenvalue weighted by atomic mass is 16.4. The van der Waals surface area contributed by atoms with Crippen molar-refractivity contribution in [2.75, 3.05) is 32.1 Å². The van der Waals surface area contributed by atoms with E-state index in [1.54, 1.807) is 0 Å². The van der Waals surface area contributed by atoms with Crippen LogP contribution in [-0.2, 0) is 4.79 Å². The minimum absolute atomic E-state index is 0.229. The molecule has 2 heterocycles. The number of nitrogens with zero attached hydrogens (tertiary/aromatic N) is 4. The van der Waals surface area contributed by atoms with E-state index in [1.165, 1.54) is 0 Å². The summed E-state index contributed by atoms with van der Waals surface area (Å²) in [5, 5.41) is 19.4. The number of anilines is 1. The van der Waals surface area contributed by atoms with E-state index in [1.807, 2.05) is 25.1 Å². The molecule has 2 aliphatic rings. The van der Waals surface area contributed by atoms with E-state index in [0.717, 1.165) is 41.9 Å². The number of aliphatic carboxylic acids is 1. The van der Waals surface area contributed by atoms with Crippen LogP contribution in [0.3, 0.4) is 0 Å². The van der Waals surface area contributed by atoms with Crippen LogP contribution in [0.1, 0.15) is 35.8 Å². The van der Waals surface area contributed by atoms with Crippen LogP contribution in [0.4, 0.5) is 5.69 Å². The van der Waals surface area contributed by atoms with Crippen molar-refractivity contribution in [3.63, 3.8) is 0 Å². The van der Waals surface area contributed by atoms with E-state index in [9.17, 15) is 15.2 Å². The number of hydrogen-bond acceptors (Lipinski definition) is 6. The molecule has 2 fully saturated rings. The summed E-state index contributed by atoms with van der Waals surface area (Å²) >= 11 is 0. The molecule has 1 aliphatic carbocycles. The second kappa shape index (κ2) is 7.64. The zero-order valence-corrected chi connectivity index (χ0v) is 18.5. The van der Waals surface area contributed by atoms with Crippen LogP contribution < -0.4 is 4.90 Å². The molecule has 1 saturated heterocycles. The van der Waals surface area contributed by atoms with Gasteiger partial charge in [0.15, 0.2) is 11.5 Å². The maximum Gasteiger partial charge on any atom is 0.307 e. The predicted molar refractivity (Wildman–Crippen MR) is 122 cm³/mol. The molecule has 2 aromatic carbocycles. The van der Waals surface area contributed by atoms with Crippen molar-refractivity contribution in [1.82, 2.24) is 9.88 Å². The third-order valence-electron chi connectivity index (χ3n) is 6.89. The minimum Gasteiger partial charge on any atom is -0.481 e. The van der Waals surface area contributed by atoms with E-state index in [-0.39, 0.29) is 5.92 Å². The van der Waals surface area contributed by atoms with Gasteiger partial charge in [-0.15, -0.1) is 0 Å². The number of fused-ring (bicyclic) bond motifs is 1. The zero-order chi connectivity index (χ0) is 22.6. The van der Waals surface area contributed by atoms with Crippen LogP contribution in [0.25, 0.3) is 22.2 Å². The molecule has 7 heteroatoms. The quantitative estimate of drug-likeness (QED) is 0.654. The number of nitriles is 1. The number of carboxylic acid groups (broad SMARTS) is 1. The first-order valence-corrected chi connectivity index (χ1v) is 11.0. The highest BCUT2D eigenvalue weighted by Gasteiger charge is 2.48. The molecule has 0 bridgehead atoms. The van der Waals surface area contributed by atoms with Gasteiger partial charge in [0.2, 0.25) is 0 Å².